The van der Waals surface area contributed by atoms with Crippen molar-refractivity contribution < 1.29 is 40.1 Å². The molecule has 1 atom stereocenters. The normalized spacial score (nSPS) is 13.7. The number of hydrogen-bond acceptors (Lipinski definition) is 6. The van der Waals surface area contributed by atoms with Crippen molar-refractivity contribution in [3.63, 3.8) is 0 Å². The Morgan fingerprint density at radius 1 is 1.00 bits per heavy atom. The van der Waals surface area contributed by atoms with Gasteiger partial charge in [-0.15, -0.1) is 10.2 Å². The summed E-state index contributed by atoms with van der Waals surface area (Å²) >= 11 is 0. The molecule has 2 aromatic carbocycles. The predicted molar refractivity (Wildman–Crippen MR) is 117 cm³/mol. The van der Waals surface area contributed by atoms with Crippen LogP contribution in [0.25, 0.3) is 0 Å². The highest BCUT2D eigenvalue weighted by molar-refractivity contribution is 7.91. The van der Waals surface area contributed by atoms with Crippen LogP contribution in [0, 0.1) is 18.6 Å². The molecule has 0 aliphatic rings. The van der Waals surface area contributed by atoms with Crippen LogP contribution in [0.15, 0.2) is 47.4 Å². The Morgan fingerprint density at radius 3 is 2.22 bits per heavy atom. The number of aromatic nitrogens is 2. The summed E-state index contributed by atoms with van der Waals surface area (Å²) in [5.74, 6) is -1.96. The van der Waals surface area contributed by atoms with Gasteiger partial charge < -0.3 is 10.1 Å². The summed E-state index contributed by atoms with van der Waals surface area (Å²) in [5.41, 5.74) is -3.71. The molecule has 1 amide bonds. The van der Waals surface area contributed by atoms with Gasteiger partial charge in [-0.25, -0.2) is 8.99 Å². The molecule has 36 heavy (non-hydrogen) atoms. The van der Waals surface area contributed by atoms with Crippen molar-refractivity contribution in [1.82, 2.24) is 10.2 Å². The van der Waals surface area contributed by atoms with Gasteiger partial charge in [0, 0.05) is 16.8 Å². The lowest BCUT2D eigenvalue weighted by Crippen LogP contribution is -2.21. The van der Waals surface area contributed by atoms with E-state index in [9.17, 15) is 35.3 Å². The number of amides is 1. The van der Waals surface area contributed by atoms with Crippen molar-refractivity contribution >= 4 is 21.3 Å². The minimum Gasteiger partial charge on any atom is -0.437 e. The molecule has 3 aromatic rings. The lowest BCUT2D eigenvalue weighted by atomic mass is 10.1. The number of halogens is 6. The smallest absolute Gasteiger partial charge is 0.435 e. The summed E-state index contributed by atoms with van der Waals surface area (Å²) in [6.45, 7) is 2.25. The zero-order valence-corrected chi connectivity index (χ0v) is 19.7. The second kappa shape index (κ2) is 9.41. The van der Waals surface area contributed by atoms with Crippen molar-refractivity contribution in [2.45, 2.75) is 31.1 Å². The molecule has 0 spiro atoms. The summed E-state index contributed by atoms with van der Waals surface area (Å²) in [5, 5.41) is 8.84. The molecule has 0 bridgehead atoms. The first-order valence-corrected chi connectivity index (χ1v) is 11.9. The second-order valence-electron chi connectivity index (χ2n) is 7.76. The number of alkyl halides is 6. The summed E-state index contributed by atoms with van der Waals surface area (Å²) < 4.78 is 104. The first kappa shape index (κ1) is 26.9. The SMILES string of the molecule is Cc1cc(C(F)(F)F)ccc1Oc1nnc(C(F)(F)F)c(C)c1C(=O)Nc1cccc(S(C)(=N)=O)c1. The Kier molecular flexibility index (Phi) is 7.03. The molecule has 0 radical (unpaired) electrons. The molecule has 2 N–H and O–H groups in total. The number of hydrogen-bond donors (Lipinski definition) is 2. The highest BCUT2D eigenvalue weighted by Crippen LogP contribution is 2.37. The summed E-state index contributed by atoms with van der Waals surface area (Å²) in [4.78, 5) is 13.1. The second-order valence-corrected chi connectivity index (χ2v) is 9.92. The number of nitrogens with zero attached hydrogens (tertiary/aromatic N) is 2. The van der Waals surface area contributed by atoms with Crippen LogP contribution in [0.1, 0.15) is 32.7 Å². The molecular weight excluding hydrogens is 514 g/mol. The van der Waals surface area contributed by atoms with Gasteiger partial charge in [0.05, 0.1) is 15.3 Å². The van der Waals surface area contributed by atoms with Gasteiger partial charge in [0.25, 0.3) is 11.8 Å². The minimum atomic E-state index is -4.96. The lowest BCUT2D eigenvalue weighted by Gasteiger charge is -2.17. The van der Waals surface area contributed by atoms with Crippen LogP contribution in [0.4, 0.5) is 32.0 Å². The largest absolute Gasteiger partial charge is 0.437 e. The number of benzene rings is 2. The van der Waals surface area contributed by atoms with Gasteiger partial charge in [-0.1, -0.05) is 6.07 Å². The van der Waals surface area contributed by atoms with Crippen LogP contribution in [-0.4, -0.2) is 26.6 Å². The Hall–Kier alpha value is -3.68. The van der Waals surface area contributed by atoms with E-state index in [0.717, 1.165) is 25.3 Å². The van der Waals surface area contributed by atoms with Gasteiger partial charge in [-0.05, 0) is 61.4 Å². The maximum atomic E-state index is 13.4. The van der Waals surface area contributed by atoms with Crippen molar-refractivity contribution in [1.29, 1.82) is 4.78 Å². The van der Waals surface area contributed by atoms with E-state index < -0.39 is 56.3 Å². The van der Waals surface area contributed by atoms with E-state index in [-0.39, 0.29) is 21.9 Å². The number of carbonyl (C=O) groups is 1. The monoisotopic (exact) mass is 532 g/mol. The molecular formula is C22H18F6N4O3S. The fourth-order valence-electron chi connectivity index (χ4n) is 3.16. The average Bonchev–Trinajstić information content (AvgIpc) is 2.73. The highest BCUT2D eigenvalue weighted by Gasteiger charge is 2.38. The van der Waals surface area contributed by atoms with Gasteiger partial charge in [-0.2, -0.15) is 26.3 Å². The van der Waals surface area contributed by atoms with Crippen molar-refractivity contribution in [2.75, 3.05) is 11.6 Å². The van der Waals surface area contributed by atoms with Crippen molar-refractivity contribution in [2.24, 2.45) is 0 Å². The zero-order valence-electron chi connectivity index (χ0n) is 18.8. The lowest BCUT2D eigenvalue weighted by molar-refractivity contribution is -0.142. The van der Waals surface area contributed by atoms with E-state index in [1.54, 1.807) is 0 Å². The van der Waals surface area contributed by atoms with Crippen LogP contribution in [0.3, 0.4) is 0 Å². The Balaban J connectivity index is 2.07. The van der Waals surface area contributed by atoms with Crippen LogP contribution in [0.5, 0.6) is 11.6 Å². The molecule has 7 nitrogen and oxygen atoms in total. The Morgan fingerprint density at radius 2 is 1.67 bits per heavy atom. The molecule has 1 heterocycles. The van der Waals surface area contributed by atoms with E-state index in [0.29, 0.717) is 6.07 Å². The third kappa shape index (κ3) is 5.93. The fraction of sp³-hybridized carbons (Fsp3) is 0.227. The molecule has 3 rings (SSSR count). The molecule has 0 saturated carbocycles. The first-order chi connectivity index (χ1) is 16.5. The Labute approximate surface area is 201 Å². The fourth-order valence-corrected chi connectivity index (χ4v) is 3.85. The minimum absolute atomic E-state index is 0.0172. The van der Waals surface area contributed by atoms with E-state index in [2.05, 4.69) is 15.5 Å². The standard InChI is InChI=1S/C22H18F6N4O3S/c1-11-9-13(21(23,24)25)7-8-16(11)35-20-17(12(2)18(31-32-20)22(26,27)28)19(33)30-14-5-4-6-15(10-14)36(3,29)34/h4-10,29H,1-3H3,(H,30,33). The molecule has 0 fully saturated rings. The number of aryl methyl sites for hydroxylation is 1. The highest BCUT2D eigenvalue weighted by atomic mass is 32.2. The van der Waals surface area contributed by atoms with E-state index >= 15 is 0 Å². The number of anilines is 1. The van der Waals surface area contributed by atoms with Crippen LogP contribution in [0.2, 0.25) is 0 Å². The average molecular weight is 532 g/mol. The molecule has 0 saturated heterocycles. The number of rotatable bonds is 5. The first-order valence-electron chi connectivity index (χ1n) is 9.94. The third-order valence-electron chi connectivity index (χ3n) is 4.93. The number of ether oxygens (including phenoxy) is 1. The molecule has 1 aromatic heterocycles. The summed E-state index contributed by atoms with van der Waals surface area (Å²) in [7, 11) is -3.15. The predicted octanol–water partition coefficient (Wildman–Crippen LogP) is 6.21. The zero-order chi connectivity index (χ0) is 27.1. The molecule has 0 aliphatic carbocycles. The van der Waals surface area contributed by atoms with Crippen LogP contribution < -0.4 is 10.1 Å². The van der Waals surface area contributed by atoms with Crippen LogP contribution >= 0.6 is 0 Å². The molecule has 0 aliphatic heterocycles. The quantitative estimate of drug-likeness (QED) is 0.380. The van der Waals surface area contributed by atoms with Gasteiger partial charge in [0.15, 0.2) is 5.69 Å². The maximum Gasteiger partial charge on any atom is 0.435 e. The molecule has 192 valence electrons. The molecule has 1 unspecified atom stereocenters. The maximum absolute atomic E-state index is 13.4. The Bertz CT molecular complexity index is 1440. The topological polar surface area (TPSA) is 105 Å². The van der Waals surface area contributed by atoms with Crippen LogP contribution in [-0.2, 0) is 22.1 Å². The van der Waals surface area contributed by atoms with Crippen molar-refractivity contribution in [3.05, 3.63) is 70.4 Å². The van der Waals surface area contributed by atoms with E-state index in [4.69, 9.17) is 9.52 Å². The van der Waals surface area contributed by atoms with E-state index in [1.165, 1.54) is 31.2 Å². The van der Waals surface area contributed by atoms with Gasteiger partial charge >= 0.3 is 12.4 Å². The number of carbonyl (C=O) groups excluding carboxylic acids is 1. The van der Waals surface area contributed by atoms with Gasteiger partial charge in [0.2, 0.25) is 0 Å². The van der Waals surface area contributed by atoms with E-state index in [1.807, 2.05) is 0 Å². The third-order valence-corrected chi connectivity index (χ3v) is 6.08. The van der Waals surface area contributed by atoms with Crippen molar-refractivity contribution in [3.8, 4) is 11.6 Å². The summed E-state index contributed by atoms with van der Waals surface area (Å²) in [6, 6.07) is 7.79. The molecule has 14 heteroatoms. The van der Waals surface area contributed by atoms with Gasteiger partial charge in [0.1, 0.15) is 11.3 Å². The summed E-state index contributed by atoms with van der Waals surface area (Å²) in [6.07, 6.45) is -8.44. The number of nitrogens with one attached hydrogen (secondary N) is 2. The van der Waals surface area contributed by atoms with Gasteiger partial charge in [-0.3, -0.25) is 4.79 Å².